The second-order valence-electron chi connectivity index (χ2n) is 12.3. The Hall–Kier alpha value is -1.73. The Bertz CT molecular complexity index is 860. The minimum Gasteiger partial charge on any atom is -0.393 e. The summed E-state index contributed by atoms with van der Waals surface area (Å²) in [6, 6.07) is 2.62. The highest BCUT2D eigenvalue weighted by Gasteiger charge is 2.37. The van der Waals surface area contributed by atoms with Crippen LogP contribution in [0, 0.1) is 11.8 Å². The van der Waals surface area contributed by atoms with Crippen molar-refractivity contribution in [3.05, 3.63) is 17.6 Å². The van der Waals surface area contributed by atoms with Crippen LogP contribution in [0.1, 0.15) is 89.6 Å². The Morgan fingerprint density at radius 3 is 2.38 bits per heavy atom. The molecule has 1 aromatic rings. The number of nitrogens with one attached hydrogen (secondary N) is 1. The molecule has 4 fully saturated rings. The SMILES string of the molecule is CC(C)(C)c1nc(C2CCC2)cc(N2CCN(CC[C@H]3C[C@H](NC(=O)[C@H]4C[C@H](O)C4)C3)CC2)n1. The first-order valence-corrected chi connectivity index (χ1v) is 13.6. The molecule has 3 aliphatic carbocycles. The molecule has 3 saturated carbocycles. The van der Waals surface area contributed by atoms with Crippen molar-refractivity contribution in [1.29, 1.82) is 0 Å². The van der Waals surface area contributed by atoms with E-state index < -0.39 is 0 Å². The average molecular weight is 470 g/mol. The second-order valence-corrected chi connectivity index (χ2v) is 12.3. The van der Waals surface area contributed by atoms with Gasteiger partial charge in [-0.25, -0.2) is 9.97 Å². The van der Waals surface area contributed by atoms with Crippen LogP contribution in [0.3, 0.4) is 0 Å². The Balaban J connectivity index is 1.06. The molecule has 0 radical (unpaired) electrons. The molecular weight excluding hydrogens is 426 g/mol. The van der Waals surface area contributed by atoms with E-state index in [2.05, 4.69) is 42.0 Å². The molecule has 2 N–H and O–H groups in total. The van der Waals surface area contributed by atoms with E-state index in [4.69, 9.17) is 9.97 Å². The first-order chi connectivity index (χ1) is 16.2. The smallest absolute Gasteiger partial charge is 0.223 e. The van der Waals surface area contributed by atoms with Crippen molar-refractivity contribution >= 4 is 11.7 Å². The average Bonchev–Trinajstić information content (AvgIpc) is 2.71. The number of piperazine rings is 1. The van der Waals surface area contributed by atoms with Gasteiger partial charge in [-0.15, -0.1) is 0 Å². The third-order valence-electron chi connectivity index (χ3n) is 8.54. The van der Waals surface area contributed by atoms with Crippen LogP contribution in [0.2, 0.25) is 0 Å². The summed E-state index contributed by atoms with van der Waals surface area (Å²) < 4.78 is 0. The van der Waals surface area contributed by atoms with E-state index in [9.17, 15) is 9.90 Å². The number of aliphatic hydroxyl groups is 1. The van der Waals surface area contributed by atoms with Crippen molar-refractivity contribution in [2.75, 3.05) is 37.6 Å². The van der Waals surface area contributed by atoms with Gasteiger partial charge in [0.2, 0.25) is 5.91 Å². The molecule has 1 aromatic heterocycles. The quantitative estimate of drug-likeness (QED) is 0.638. The first kappa shape index (κ1) is 24.0. The molecule has 5 rings (SSSR count). The van der Waals surface area contributed by atoms with E-state index in [1.807, 2.05) is 0 Å². The highest BCUT2D eigenvalue weighted by molar-refractivity contribution is 5.80. The van der Waals surface area contributed by atoms with E-state index in [1.54, 1.807) is 0 Å². The number of amides is 1. The molecule has 188 valence electrons. The number of rotatable bonds is 7. The Morgan fingerprint density at radius 1 is 1.09 bits per heavy atom. The van der Waals surface area contributed by atoms with Crippen LogP contribution in [0.5, 0.6) is 0 Å². The Morgan fingerprint density at radius 2 is 1.79 bits per heavy atom. The summed E-state index contributed by atoms with van der Waals surface area (Å²) >= 11 is 0. The molecule has 7 nitrogen and oxygen atoms in total. The van der Waals surface area contributed by atoms with Gasteiger partial charge in [-0.1, -0.05) is 27.2 Å². The van der Waals surface area contributed by atoms with Crippen LogP contribution in [0.25, 0.3) is 0 Å². The lowest BCUT2D eigenvalue weighted by molar-refractivity contribution is -0.133. The molecule has 0 unspecified atom stereocenters. The van der Waals surface area contributed by atoms with Gasteiger partial charge in [-0.3, -0.25) is 9.69 Å². The van der Waals surface area contributed by atoms with Crippen molar-refractivity contribution in [2.45, 2.75) is 95.6 Å². The van der Waals surface area contributed by atoms with Crippen LogP contribution < -0.4 is 10.2 Å². The summed E-state index contributed by atoms with van der Waals surface area (Å²) in [6.07, 6.45) is 8.33. The molecule has 1 amide bonds. The first-order valence-electron chi connectivity index (χ1n) is 13.6. The zero-order chi connectivity index (χ0) is 23.9. The van der Waals surface area contributed by atoms with Crippen LogP contribution >= 0.6 is 0 Å². The van der Waals surface area contributed by atoms with Gasteiger partial charge < -0.3 is 15.3 Å². The van der Waals surface area contributed by atoms with E-state index in [1.165, 1.54) is 31.4 Å². The molecule has 1 aliphatic heterocycles. The fraction of sp³-hybridized carbons (Fsp3) is 0.815. The Labute approximate surface area is 204 Å². The normalized spacial score (nSPS) is 30.3. The summed E-state index contributed by atoms with van der Waals surface area (Å²) in [5.74, 6) is 3.67. The number of aliphatic hydroxyl groups excluding tert-OH is 1. The zero-order valence-corrected chi connectivity index (χ0v) is 21.3. The molecule has 7 heteroatoms. The molecule has 0 bridgehead atoms. The van der Waals surface area contributed by atoms with Crippen molar-refractivity contribution in [1.82, 2.24) is 20.2 Å². The summed E-state index contributed by atoms with van der Waals surface area (Å²) in [4.78, 5) is 27.2. The molecule has 0 atom stereocenters. The van der Waals surface area contributed by atoms with Gasteiger partial charge in [0.25, 0.3) is 0 Å². The zero-order valence-electron chi connectivity index (χ0n) is 21.3. The molecule has 2 heterocycles. The summed E-state index contributed by atoms with van der Waals surface area (Å²) in [6.45, 7) is 12.0. The van der Waals surface area contributed by atoms with Crippen LogP contribution in [0.15, 0.2) is 6.07 Å². The highest BCUT2D eigenvalue weighted by Crippen LogP contribution is 2.37. The predicted octanol–water partition coefficient (Wildman–Crippen LogP) is 3.22. The number of aromatic nitrogens is 2. The maximum absolute atomic E-state index is 12.1. The van der Waals surface area contributed by atoms with Crippen molar-refractivity contribution in [3.63, 3.8) is 0 Å². The van der Waals surface area contributed by atoms with Gasteiger partial charge in [-0.2, -0.15) is 0 Å². The maximum Gasteiger partial charge on any atom is 0.223 e. The van der Waals surface area contributed by atoms with Gasteiger partial charge in [0.1, 0.15) is 11.6 Å². The third kappa shape index (κ3) is 5.40. The minimum atomic E-state index is -0.259. The van der Waals surface area contributed by atoms with E-state index in [0.717, 1.165) is 63.1 Å². The van der Waals surface area contributed by atoms with Gasteiger partial charge >= 0.3 is 0 Å². The number of nitrogens with zero attached hydrogens (tertiary/aromatic N) is 4. The number of carbonyl (C=O) groups excluding carboxylic acids is 1. The molecule has 4 aliphatic rings. The van der Waals surface area contributed by atoms with Gasteiger partial charge in [0, 0.05) is 61.2 Å². The molecule has 1 saturated heterocycles. The Kier molecular flexibility index (Phi) is 6.86. The third-order valence-corrected chi connectivity index (χ3v) is 8.54. The van der Waals surface area contributed by atoms with Crippen molar-refractivity contribution in [2.24, 2.45) is 11.8 Å². The van der Waals surface area contributed by atoms with Crippen molar-refractivity contribution < 1.29 is 9.90 Å². The molecule has 34 heavy (non-hydrogen) atoms. The predicted molar refractivity (Wildman–Crippen MR) is 134 cm³/mol. The van der Waals surface area contributed by atoms with Crippen LogP contribution in [-0.2, 0) is 10.2 Å². The van der Waals surface area contributed by atoms with E-state index in [0.29, 0.717) is 24.8 Å². The summed E-state index contributed by atoms with van der Waals surface area (Å²) in [5, 5.41) is 12.6. The van der Waals surface area contributed by atoms with E-state index >= 15 is 0 Å². The van der Waals surface area contributed by atoms with E-state index in [-0.39, 0.29) is 23.3 Å². The fourth-order valence-electron chi connectivity index (χ4n) is 5.64. The maximum atomic E-state index is 12.1. The van der Waals surface area contributed by atoms with Crippen LogP contribution in [0.4, 0.5) is 5.82 Å². The molecular formula is C27H43N5O2. The largest absolute Gasteiger partial charge is 0.393 e. The minimum absolute atomic E-state index is 0.0322. The topological polar surface area (TPSA) is 81.6 Å². The van der Waals surface area contributed by atoms with Crippen molar-refractivity contribution in [3.8, 4) is 0 Å². The lowest BCUT2D eigenvalue weighted by Crippen LogP contribution is -2.51. The summed E-state index contributed by atoms with van der Waals surface area (Å²) in [7, 11) is 0. The monoisotopic (exact) mass is 469 g/mol. The van der Waals surface area contributed by atoms with Crippen LogP contribution in [-0.4, -0.2) is 70.8 Å². The standard InChI is InChI=1S/C27H43N5O2/c1-27(2,3)26-29-23(19-5-4-6-19)17-24(30-26)32-11-9-31(10-12-32)8-7-18-13-21(14-18)28-25(34)20-15-22(33)16-20/h17-22,33H,4-16H2,1-3H3,(H,28,34)/t18-,20-,21-,22-. The number of hydrogen-bond donors (Lipinski definition) is 2. The lowest BCUT2D eigenvalue weighted by Gasteiger charge is -2.40. The fourth-order valence-corrected chi connectivity index (χ4v) is 5.64. The lowest BCUT2D eigenvalue weighted by atomic mass is 9.76. The van der Waals surface area contributed by atoms with Gasteiger partial charge in [0.05, 0.1) is 6.10 Å². The molecule has 0 aromatic carbocycles. The van der Waals surface area contributed by atoms with Gasteiger partial charge in [-0.05, 0) is 57.4 Å². The number of hydrogen-bond acceptors (Lipinski definition) is 6. The number of anilines is 1. The molecule has 0 spiro atoms. The van der Waals surface area contributed by atoms with Gasteiger partial charge in [0.15, 0.2) is 0 Å². The number of carbonyl (C=O) groups is 1. The summed E-state index contributed by atoms with van der Waals surface area (Å²) in [5.41, 5.74) is 1.22. The highest BCUT2D eigenvalue weighted by atomic mass is 16.3. The second kappa shape index (κ2) is 9.73.